The fourth-order valence-corrected chi connectivity index (χ4v) is 2.67. The number of anilines is 1. The zero-order valence-corrected chi connectivity index (χ0v) is 12.8. The van der Waals surface area contributed by atoms with Gasteiger partial charge in [-0.05, 0) is 58.0 Å². The summed E-state index contributed by atoms with van der Waals surface area (Å²) in [5.41, 5.74) is 6.86. The van der Waals surface area contributed by atoms with E-state index in [4.69, 9.17) is 15.2 Å². The molecule has 0 amide bonds. The number of nitrogens with two attached hydrogens (primary N) is 1. The highest BCUT2D eigenvalue weighted by atomic mass is 16.5. The maximum Gasteiger partial charge on any atom is 0.338 e. The lowest BCUT2D eigenvalue weighted by Crippen LogP contribution is -2.26. The number of carbonyl (C=O) groups is 1. The van der Waals surface area contributed by atoms with Crippen LogP contribution in [0.4, 0.5) is 5.69 Å². The molecule has 2 N–H and O–H groups in total. The van der Waals surface area contributed by atoms with Gasteiger partial charge in [-0.25, -0.2) is 4.79 Å². The van der Waals surface area contributed by atoms with Crippen LogP contribution in [-0.4, -0.2) is 43.7 Å². The molecule has 1 aliphatic rings. The first-order valence-electron chi connectivity index (χ1n) is 7.51. The number of hydrogen-bond donors (Lipinski definition) is 1. The first-order chi connectivity index (χ1) is 10.1. The van der Waals surface area contributed by atoms with Crippen molar-refractivity contribution in [2.75, 3.05) is 32.5 Å². The van der Waals surface area contributed by atoms with Crippen molar-refractivity contribution in [3.8, 4) is 5.75 Å². The topological polar surface area (TPSA) is 64.8 Å². The lowest BCUT2D eigenvalue weighted by Gasteiger charge is -2.19. The quantitative estimate of drug-likeness (QED) is 0.644. The second kappa shape index (κ2) is 7.31. The molecule has 2 rings (SSSR count). The number of esters is 1. The van der Waals surface area contributed by atoms with Crippen molar-refractivity contribution in [3.63, 3.8) is 0 Å². The lowest BCUT2D eigenvalue weighted by molar-refractivity contribution is 0.0526. The number of hydrogen-bond acceptors (Lipinski definition) is 5. The van der Waals surface area contributed by atoms with E-state index in [2.05, 4.69) is 11.9 Å². The van der Waals surface area contributed by atoms with Crippen molar-refractivity contribution in [1.82, 2.24) is 4.90 Å². The molecule has 1 aliphatic heterocycles. The monoisotopic (exact) mass is 292 g/mol. The van der Waals surface area contributed by atoms with Gasteiger partial charge in [0.15, 0.2) is 0 Å². The number of ether oxygens (including phenoxy) is 2. The molecule has 1 aromatic carbocycles. The molecule has 0 radical (unpaired) electrons. The van der Waals surface area contributed by atoms with Crippen molar-refractivity contribution >= 4 is 11.7 Å². The molecule has 1 saturated heterocycles. The Morgan fingerprint density at radius 1 is 1.48 bits per heavy atom. The van der Waals surface area contributed by atoms with Gasteiger partial charge >= 0.3 is 5.97 Å². The molecule has 1 atom stereocenters. The Morgan fingerprint density at radius 3 is 2.90 bits per heavy atom. The van der Waals surface area contributed by atoms with Gasteiger partial charge in [-0.1, -0.05) is 0 Å². The Labute approximate surface area is 126 Å². The van der Waals surface area contributed by atoms with E-state index in [1.807, 2.05) is 0 Å². The van der Waals surface area contributed by atoms with Gasteiger partial charge in [0.25, 0.3) is 0 Å². The van der Waals surface area contributed by atoms with Crippen molar-refractivity contribution in [3.05, 3.63) is 23.8 Å². The Hall–Kier alpha value is -1.75. The molecule has 1 heterocycles. The molecule has 0 spiro atoms. The van der Waals surface area contributed by atoms with Crippen LogP contribution in [0.25, 0.3) is 0 Å². The molecule has 1 unspecified atom stereocenters. The Kier molecular flexibility index (Phi) is 5.44. The van der Waals surface area contributed by atoms with Gasteiger partial charge in [0.05, 0.1) is 24.5 Å². The molecule has 0 bridgehead atoms. The number of benzene rings is 1. The van der Waals surface area contributed by atoms with Crippen molar-refractivity contribution in [2.24, 2.45) is 0 Å². The third kappa shape index (κ3) is 4.11. The third-order valence-corrected chi connectivity index (χ3v) is 3.90. The molecule has 0 aromatic heterocycles. The zero-order valence-electron chi connectivity index (χ0n) is 12.8. The van der Waals surface area contributed by atoms with E-state index in [9.17, 15) is 4.79 Å². The van der Waals surface area contributed by atoms with Gasteiger partial charge in [-0.15, -0.1) is 0 Å². The van der Waals surface area contributed by atoms with E-state index in [1.165, 1.54) is 19.4 Å². The normalized spacial score (nSPS) is 18.7. The van der Waals surface area contributed by atoms with Gasteiger partial charge in [-0.3, -0.25) is 0 Å². The second-order valence-electron chi connectivity index (χ2n) is 5.39. The molecule has 1 fully saturated rings. The van der Waals surface area contributed by atoms with Crippen LogP contribution in [0, 0.1) is 0 Å². The van der Waals surface area contributed by atoms with Gasteiger partial charge in [0, 0.05) is 6.04 Å². The van der Waals surface area contributed by atoms with Crippen LogP contribution in [0.2, 0.25) is 0 Å². The number of likely N-dealkylation sites (tertiary alicyclic amines) is 1. The Morgan fingerprint density at radius 2 is 2.29 bits per heavy atom. The van der Waals surface area contributed by atoms with E-state index in [1.54, 1.807) is 25.1 Å². The standard InChI is InChI=1S/C16H24N2O3/c1-3-20-16(19)12-6-7-15(14(17)11-12)21-10-8-13-5-4-9-18(13)2/h6-7,11,13H,3-5,8-10,17H2,1-2H3. The molecule has 0 saturated carbocycles. The summed E-state index contributed by atoms with van der Waals surface area (Å²) < 4.78 is 10.7. The first kappa shape index (κ1) is 15.6. The number of rotatable bonds is 6. The summed E-state index contributed by atoms with van der Waals surface area (Å²) >= 11 is 0. The second-order valence-corrected chi connectivity index (χ2v) is 5.39. The van der Waals surface area contributed by atoms with E-state index < -0.39 is 0 Å². The van der Waals surface area contributed by atoms with E-state index in [-0.39, 0.29) is 5.97 Å². The summed E-state index contributed by atoms with van der Waals surface area (Å²) in [5.74, 6) is 0.270. The van der Waals surface area contributed by atoms with Crippen LogP contribution in [-0.2, 0) is 4.74 Å². The third-order valence-electron chi connectivity index (χ3n) is 3.90. The summed E-state index contributed by atoms with van der Waals surface area (Å²) in [5, 5.41) is 0. The largest absolute Gasteiger partial charge is 0.491 e. The summed E-state index contributed by atoms with van der Waals surface area (Å²) in [4.78, 5) is 14.0. The van der Waals surface area contributed by atoms with E-state index in [0.29, 0.717) is 36.3 Å². The average Bonchev–Trinajstić information content (AvgIpc) is 2.86. The Balaban J connectivity index is 1.87. The summed E-state index contributed by atoms with van der Waals surface area (Å²) in [6, 6.07) is 5.63. The Bertz CT molecular complexity index is 490. The predicted octanol–water partition coefficient (Wildman–Crippen LogP) is 2.31. The van der Waals surface area contributed by atoms with Crippen LogP contribution in [0.1, 0.15) is 36.5 Å². The smallest absolute Gasteiger partial charge is 0.338 e. The summed E-state index contributed by atoms with van der Waals surface area (Å²) in [6.45, 7) is 3.93. The van der Waals surface area contributed by atoms with Crippen LogP contribution in [0.3, 0.4) is 0 Å². The fourth-order valence-electron chi connectivity index (χ4n) is 2.67. The highest BCUT2D eigenvalue weighted by Gasteiger charge is 2.20. The number of carbonyl (C=O) groups excluding carboxylic acids is 1. The minimum atomic E-state index is -0.358. The molecule has 116 valence electrons. The van der Waals surface area contributed by atoms with Gasteiger partial charge in [0.2, 0.25) is 0 Å². The van der Waals surface area contributed by atoms with E-state index in [0.717, 1.165) is 6.42 Å². The zero-order chi connectivity index (χ0) is 15.2. The minimum Gasteiger partial charge on any atom is -0.491 e. The summed E-state index contributed by atoms with van der Waals surface area (Å²) in [6.07, 6.45) is 3.49. The van der Waals surface area contributed by atoms with Crippen molar-refractivity contribution < 1.29 is 14.3 Å². The van der Waals surface area contributed by atoms with Crippen molar-refractivity contribution in [1.29, 1.82) is 0 Å². The van der Waals surface area contributed by atoms with Crippen molar-refractivity contribution in [2.45, 2.75) is 32.2 Å². The van der Waals surface area contributed by atoms with Gasteiger partial charge < -0.3 is 20.1 Å². The molecular formula is C16H24N2O3. The number of nitrogens with zero attached hydrogens (tertiary/aromatic N) is 1. The van der Waals surface area contributed by atoms with Crippen LogP contribution in [0.5, 0.6) is 5.75 Å². The van der Waals surface area contributed by atoms with Gasteiger partial charge in [0.1, 0.15) is 5.75 Å². The fraction of sp³-hybridized carbons (Fsp3) is 0.562. The molecule has 1 aromatic rings. The van der Waals surface area contributed by atoms with Crippen LogP contribution < -0.4 is 10.5 Å². The summed E-state index contributed by atoms with van der Waals surface area (Å²) in [7, 11) is 2.15. The average molecular weight is 292 g/mol. The molecule has 5 heteroatoms. The van der Waals surface area contributed by atoms with Crippen LogP contribution in [0.15, 0.2) is 18.2 Å². The van der Waals surface area contributed by atoms with Crippen LogP contribution >= 0.6 is 0 Å². The first-order valence-corrected chi connectivity index (χ1v) is 7.51. The SMILES string of the molecule is CCOC(=O)c1ccc(OCCC2CCCN2C)c(N)c1. The molecular weight excluding hydrogens is 268 g/mol. The molecule has 0 aliphatic carbocycles. The van der Waals surface area contributed by atoms with Gasteiger partial charge in [-0.2, -0.15) is 0 Å². The predicted molar refractivity (Wildman–Crippen MR) is 82.6 cm³/mol. The minimum absolute atomic E-state index is 0.353. The molecule has 21 heavy (non-hydrogen) atoms. The highest BCUT2D eigenvalue weighted by Crippen LogP contribution is 2.24. The number of nitrogen functional groups attached to an aromatic ring is 1. The highest BCUT2D eigenvalue weighted by molar-refractivity contribution is 5.91. The molecule has 5 nitrogen and oxygen atoms in total. The maximum atomic E-state index is 11.6. The van der Waals surface area contributed by atoms with E-state index >= 15 is 0 Å². The lowest BCUT2D eigenvalue weighted by atomic mass is 10.1. The maximum absolute atomic E-state index is 11.6.